The van der Waals surface area contributed by atoms with E-state index in [1.54, 1.807) is 18.4 Å². The fourth-order valence-electron chi connectivity index (χ4n) is 0.840. The molecule has 2 rings (SSSR count). The van der Waals surface area contributed by atoms with E-state index < -0.39 is 0 Å². The second-order valence-corrected chi connectivity index (χ2v) is 1.93. The Hall–Kier alpha value is -1.65. The number of carbonyl (C=O) groups excluding carboxylic acids is 1. The molecule has 0 unspecified atom stereocenters. The van der Waals surface area contributed by atoms with Crippen LogP contribution in [0.15, 0.2) is 24.2 Å². The van der Waals surface area contributed by atoms with E-state index in [0.29, 0.717) is 5.82 Å². The highest BCUT2D eigenvalue weighted by atomic mass is 16.2. The number of hydrogen-bond acceptors (Lipinski definition) is 3. The van der Waals surface area contributed by atoms with Gasteiger partial charge in [-0.05, 0) is 12.2 Å². The number of nitrogens with zero attached hydrogens (tertiary/aromatic N) is 1. The molecule has 0 aromatic rings. The summed E-state index contributed by atoms with van der Waals surface area (Å²) in [5.41, 5.74) is 7.85. The molecule has 1 saturated heterocycles. The molecule has 2 aliphatic heterocycles. The zero-order valence-electron chi connectivity index (χ0n) is 5.09. The maximum absolute atomic E-state index is 10.8. The van der Waals surface area contributed by atoms with Crippen molar-refractivity contribution in [2.45, 2.75) is 0 Å². The minimum atomic E-state index is -0.199. The van der Waals surface area contributed by atoms with Gasteiger partial charge >= 0.3 is 6.03 Å². The highest BCUT2D eigenvalue weighted by molar-refractivity contribution is 5.78. The fourth-order valence-corrected chi connectivity index (χ4v) is 0.840. The first-order valence-electron chi connectivity index (χ1n) is 2.87. The summed E-state index contributed by atoms with van der Waals surface area (Å²) in [5, 5.41) is 1.38. The molecule has 2 heterocycles. The van der Waals surface area contributed by atoms with Gasteiger partial charge in [-0.3, -0.25) is 10.9 Å². The lowest BCUT2D eigenvalue weighted by Crippen LogP contribution is -2.37. The predicted molar refractivity (Wildman–Crippen MR) is 33.9 cm³/mol. The van der Waals surface area contributed by atoms with Crippen LogP contribution in [0, 0.1) is 0 Å². The molecule has 0 radical (unpaired) electrons. The molecule has 0 bridgehead atoms. The molecule has 5 heteroatoms. The van der Waals surface area contributed by atoms with E-state index in [1.165, 1.54) is 5.01 Å². The standard InChI is InChI=1S/C5H6N4O/c10-5-8-7-4-2-1-3-6-9(4)5/h1-3,6-7H,(H,8,10). The van der Waals surface area contributed by atoms with E-state index in [4.69, 9.17) is 0 Å². The molecule has 0 aromatic carbocycles. The molecule has 10 heavy (non-hydrogen) atoms. The predicted octanol–water partition coefficient (Wildman–Crippen LogP) is -0.611. The maximum Gasteiger partial charge on any atom is 0.360 e. The Kier molecular flexibility index (Phi) is 0.858. The Morgan fingerprint density at radius 2 is 2.30 bits per heavy atom. The van der Waals surface area contributed by atoms with Crippen molar-refractivity contribution in [3.63, 3.8) is 0 Å². The third kappa shape index (κ3) is 0.540. The van der Waals surface area contributed by atoms with E-state index in [-0.39, 0.29) is 6.03 Å². The number of allylic oxidation sites excluding steroid dienone is 2. The van der Waals surface area contributed by atoms with E-state index >= 15 is 0 Å². The average molecular weight is 138 g/mol. The van der Waals surface area contributed by atoms with E-state index in [0.717, 1.165) is 0 Å². The number of hydrogen-bond donors (Lipinski definition) is 3. The minimum Gasteiger partial charge on any atom is -0.296 e. The topological polar surface area (TPSA) is 56.4 Å². The molecule has 0 aliphatic carbocycles. The lowest BCUT2D eigenvalue weighted by Gasteiger charge is -2.15. The van der Waals surface area contributed by atoms with Crippen molar-refractivity contribution >= 4 is 6.03 Å². The Balaban J connectivity index is 2.31. The molecule has 0 aromatic heterocycles. The molecule has 5 nitrogen and oxygen atoms in total. The first kappa shape index (κ1) is 5.16. The SMILES string of the molecule is O=C1NNC2=CC=CNN12. The maximum atomic E-state index is 10.8. The number of fused-ring (bicyclic) bond motifs is 1. The van der Waals surface area contributed by atoms with Gasteiger partial charge in [0.1, 0.15) is 5.82 Å². The zero-order chi connectivity index (χ0) is 6.97. The van der Waals surface area contributed by atoms with Crippen LogP contribution in [0.4, 0.5) is 4.79 Å². The van der Waals surface area contributed by atoms with Crippen LogP contribution in [0.5, 0.6) is 0 Å². The van der Waals surface area contributed by atoms with E-state index in [2.05, 4.69) is 16.3 Å². The fraction of sp³-hybridized carbons (Fsp3) is 0. The zero-order valence-corrected chi connectivity index (χ0v) is 5.09. The quantitative estimate of drug-likeness (QED) is 0.418. The van der Waals surface area contributed by atoms with Crippen molar-refractivity contribution in [1.29, 1.82) is 0 Å². The van der Waals surface area contributed by atoms with Gasteiger partial charge in [-0.25, -0.2) is 10.2 Å². The van der Waals surface area contributed by atoms with Crippen molar-refractivity contribution < 1.29 is 4.79 Å². The van der Waals surface area contributed by atoms with Gasteiger partial charge in [-0.2, -0.15) is 5.01 Å². The number of amides is 2. The van der Waals surface area contributed by atoms with Crippen molar-refractivity contribution in [2.24, 2.45) is 0 Å². The van der Waals surface area contributed by atoms with Crippen LogP contribution in [0.3, 0.4) is 0 Å². The van der Waals surface area contributed by atoms with Crippen molar-refractivity contribution in [3.8, 4) is 0 Å². The summed E-state index contributed by atoms with van der Waals surface area (Å²) >= 11 is 0. The van der Waals surface area contributed by atoms with E-state index in [9.17, 15) is 4.79 Å². The lowest BCUT2D eigenvalue weighted by molar-refractivity contribution is 0.213. The second-order valence-electron chi connectivity index (χ2n) is 1.93. The van der Waals surface area contributed by atoms with Crippen LogP contribution >= 0.6 is 0 Å². The average Bonchev–Trinajstić information content (AvgIpc) is 2.34. The van der Waals surface area contributed by atoms with Crippen molar-refractivity contribution in [1.82, 2.24) is 21.3 Å². The summed E-state index contributed by atoms with van der Waals surface area (Å²) < 4.78 is 0. The number of nitrogens with one attached hydrogen (secondary N) is 3. The summed E-state index contributed by atoms with van der Waals surface area (Å²) in [6.45, 7) is 0. The number of carbonyl (C=O) groups is 1. The molecule has 52 valence electrons. The molecule has 0 spiro atoms. The Bertz CT molecular complexity index is 232. The number of rotatable bonds is 0. The second kappa shape index (κ2) is 1.66. The van der Waals surface area contributed by atoms with Gasteiger partial charge in [0, 0.05) is 6.20 Å². The van der Waals surface area contributed by atoms with Crippen LogP contribution in [0.2, 0.25) is 0 Å². The lowest BCUT2D eigenvalue weighted by atomic mass is 10.5. The first-order valence-corrected chi connectivity index (χ1v) is 2.87. The van der Waals surface area contributed by atoms with Crippen molar-refractivity contribution in [3.05, 3.63) is 24.2 Å². The van der Waals surface area contributed by atoms with Crippen LogP contribution in [0.25, 0.3) is 0 Å². The third-order valence-electron chi connectivity index (χ3n) is 1.30. The molecule has 3 N–H and O–H groups in total. The summed E-state index contributed by atoms with van der Waals surface area (Å²) in [4.78, 5) is 10.8. The molecule has 0 saturated carbocycles. The third-order valence-corrected chi connectivity index (χ3v) is 1.30. The molecule has 2 aliphatic rings. The van der Waals surface area contributed by atoms with Crippen LogP contribution in [-0.4, -0.2) is 11.0 Å². The molecule has 1 fully saturated rings. The molecule has 0 atom stereocenters. The highest BCUT2D eigenvalue weighted by Crippen LogP contribution is 2.05. The number of hydrazine groups is 2. The van der Waals surface area contributed by atoms with Crippen LogP contribution < -0.4 is 16.3 Å². The first-order chi connectivity index (χ1) is 4.88. The van der Waals surface area contributed by atoms with Gasteiger partial charge in [0.15, 0.2) is 0 Å². The summed E-state index contributed by atoms with van der Waals surface area (Å²) in [5.74, 6) is 0.715. The normalized spacial score (nSPS) is 20.6. The molecule has 2 amide bonds. The Morgan fingerprint density at radius 3 is 3.10 bits per heavy atom. The highest BCUT2D eigenvalue weighted by Gasteiger charge is 2.24. The van der Waals surface area contributed by atoms with Gasteiger partial charge in [0.25, 0.3) is 0 Å². The monoisotopic (exact) mass is 138 g/mol. The van der Waals surface area contributed by atoms with Crippen LogP contribution in [-0.2, 0) is 0 Å². The van der Waals surface area contributed by atoms with Gasteiger partial charge < -0.3 is 0 Å². The molecular weight excluding hydrogens is 132 g/mol. The smallest absolute Gasteiger partial charge is 0.296 e. The van der Waals surface area contributed by atoms with Gasteiger partial charge in [0.2, 0.25) is 0 Å². The summed E-state index contributed by atoms with van der Waals surface area (Å²) in [6, 6.07) is -0.199. The largest absolute Gasteiger partial charge is 0.360 e. The minimum absolute atomic E-state index is 0.199. The van der Waals surface area contributed by atoms with Gasteiger partial charge in [0.05, 0.1) is 0 Å². The Labute approximate surface area is 57.3 Å². The van der Waals surface area contributed by atoms with Crippen LogP contribution in [0.1, 0.15) is 0 Å². The summed E-state index contributed by atoms with van der Waals surface area (Å²) in [7, 11) is 0. The van der Waals surface area contributed by atoms with Crippen molar-refractivity contribution in [2.75, 3.05) is 0 Å². The summed E-state index contributed by atoms with van der Waals surface area (Å²) in [6.07, 6.45) is 5.27. The van der Waals surface area contributed by atoms with Gasteiger partial charge in [-0.15, -0.1) is 0 Å². The Morgan fingerprint density at radius 1 is 1.40 bits per heavy atom. The van der Waals surface area contributed by atoms with Gasteiger partial charge in [-0.1, -0.05) is 0 Å². The molecular formula is C5H6N4O. The number of urea groups is 1. The van der Waals surface area contributed by atoms with E-state index in [1.807, 2.05) is 0 Å².